The van der Waals surface area contributed by atoms with E-state index in [1.165, 1.54) is 0 Å². The summed E-state index contributed by atoms with van der Waals surface area (Å²) in [5.41, 5.74) is 0.156. The van der Waals surface area contributed by atoms with Crippen LogP contribution in [-0.4, -0.2) is 19.4 Å². The van der Waals surface area contributed by atoms with Gasteiger partial charge in [0.1, 0.15) is 5.75 Å². The maximum Gasteiger partial charge on any atom is 0.573 e. The van der Waals surface area contributed by atoms with Crippen molar-refractivity contribution in [3.05, 3.63) is 27.7 Å². The van der Waals surface area contributed by atoms with E-state index < -0.39 is 18.1 Å². The Labute approximate surface area is 114 Å². The first-order valence-electron chi connectivity index (χ1n) is 4.82. The number of halogens is 4. The lowest BCUT2D eigenvalue weighted by Gasteiger charge is -2.12. The van der Waals surface area contributed by atoms with E-state index in [0.29, 0.717) is 0 Å². The molecule has 0 spiro atoms. The van der Waals surface area contributed by atoms with E-state index in [2.05, 4.69) is 25.4 Å². The number of rotatable bonds is 3. The number of carbonyl (C=O) groups is 1. The Bertz CT molecular complexity index is 537. The third-order valence-electron chi connectivity index (χ3n) is 2.07. The van der Waals surface area contributed by atoms with Crippen LogP contribution in [0, 0.1) is 11.3 Å². The van der Waals surface area contributed by atoms with Gasteiger partial charge in [0.15, 0.2) is 0 Å². The molecule has 19 heavy (non-hydrogen) atoms. The van der Waals surface area contributed by atoms with Crippen molar-refractivity contribution < 1.29 is 27.4 Å². The minimum absolute atomic E-state index is 0.0324. The third-order valence-corrected chi connectivity index (χ3v) is 2.69. The Balaban J connectivity index is 3.18. The number of hydrogen-bond acceptors (Lipinski definition) is 4. The van der Waals surface area contributed by atoms with Crippen LogP contribution >= 0.6 is 15.9 Å². The fraction of sp³-hybridized carbons (Fsp3) is 0.273. The molecule has 0 unspecified atom stereocenters. The summed E-state index contributed by atoms with van der Waals surface area (Å²) >= 11 is 2.87. The van der Waals surface area contributed by atoms with Crippen molar-refractivity contribution in [3.63, 3.8) is 0 Å². The normalized spacial score (nSPS) is 10.7. The summed E-state index contributed by atoms with van der Waals surface area (Å²) in [7, 11) is 1.14. The van der Waals surface area contributed by atoms with Crippen LogP contribution in [0.2, 0.25) is 0 Å². The summed E-state index contributed by atoms with van der Waals surface area (Å²) in [5.74, 6) is -1.19. The van der Waals surface area contributed by atoms with Gasteiger partial charge in [-0.05, 0) is 33.6 Å². The maximum atomic E-state index is 12.2. The highest BCUT2D eigenvalue weighted by Crippen LogP contribution is 2.33. The van der Waals surface area contributed by atoms with Gasteiger partial charge in [-0.15, -0.1) is 13.2 Å². The second kappa shape index (κ2) is 5.93. The highest BCUT2D eigenvalue weighted by Gasteiger charge is 2.32. The molecule has 1 rings (SSSR count). The lowest BCUT2D eigenvalue weighted by atomic mass is 10.1. The number of benzene rings is 1. The zero-order valence-electron chi connectivity index (χ0n) is 9.55. The molecular formula is C11H7BrF3NO3. The molecule has 8 heteroatoms. The zero-order chi connectivity index (χ0) is 14.6. The Hall–Kier alpha value is -1.75. The molecule has 0 aromatic heterocycles. The van der Waals surface area contributed by atoms with Gasteiger partial charge < -0.3 is 9.47 Å². The first kappa shape index (κ1) is 15.3. The highest BCUT2D eigenvalue weighted by molar-refractivity contribution is 9.10. The van der Waals surface area contributed by atoms with E-state index >= 15 is 0 Å². The Morgan fingerprint density at radius 1 is 1.47 bits per heavy atom. The predicted octanol–water partition coefficient (Wildman–Crippen LogP) is 2.93. The molecule has 0 radical (unpaired) electrons. The summed E-state index contributed by atoms with van der Waals surface area (Å²) in [5, 5.41) is 8.87. The molecule has 4 nitrogen and oxygen atoms in total. The fourth-order valence-electron chi connectivity index (χ4n) is 1.28. The van der Waals surface area contributed by atoms with E-state index in [1.807, 2.05) is 0 Å². The molecule has 0 saturated carbocycles. The lowest BCUT2D eigenvalue weighted by Crippen LogP contribution is -2.18. The molecular weight excluding hydrogens is 331 g/mol. The van der Waals surface area contributed by atoms with Crippen molar-refractivity contribution in [2.75, 3.05) is 7.11 Å². The van der Waals surface area contributed by atoms with Crippen molar-refractivity contribution in [2.45, 2.75) is 12.8 Å². The van der Waals surface area contributed by atoms with E-state index in [0.717, 1.165) is 19.2 Å². The fourth-order valence-corrected chi connectivity index (χ4v) is 1.70. The molecule has 0 aliphatic carbocycles. The molecule has 0 aliphatic rings. The number of ether oxygens (including phenoxy) is 2. The molecule has 1 aromatic rings. The monoisotopic (exact) mass is 337 g/mol. The van der Waals surface area contributed by atoms with Crippen LogP contribution in [0.4, 0.5) is 13.2 Å². The number of hydrogen-bond donors (Lipinski definition) is 0. The topological polar surface area (TPSA) is 59.3 Å². The standard InChI is InChI=1S/C11H7BrF3NO3/c1-18-10(17)4-6-3-9(19-11(13,14)15)8(12)2-7(6)5-16/h2-3H,4H2,1H3. The average molecular weight is 338 g/mol. The first-order chi connectivity index (χ1) is 8.76. The molecule has 0 amide bonds. The number of esters is 1. The van der Waals surface area contributed by atoms with Crippen molar-refractivity contribution in [3.8, 4) is 11.8 Å². The Kier molecular flexibility index (Phi) is 4.78. The minimum Gasteiger partial charge on any atom is -0.469 e. The molecule has 0 fully saturated rings. The quantitative estimate of drug-likeness (QED) is 0.795. The second-order valence-corrected chi connectivity index (χ2v) is 4.21. The largest absolute Gasteiger partial charge is 0.573 e. The summed E-state index contributed by atoms with van der Waals surface area (Å²) in [6, 6.07) is 3.91. The van der Waals surface area contributed by atoms with Gasteiger partial charge in [0.2, 0.25) is 0 Å². The van der Waals surface area contributed by atoms with Crippen LogP contribution in [0.1, 0.15) is 11.1 Å². The molecule has 102 valence electrons. The average Bonchev–Trinajstić information content (AvgIpc) is 2.31. The van der Waals surface area contributed by atoms with Crippen LogP contribution in [0.25, 0.3) is 0 Å². The zero-order valence-corrected chi connectivity index (χ0v) is 11.1. The van der Waals surface area contributed by atoms with Crippen molar-refractivity contribution in [2.24, 2.45) is 0 Å². The van der Waals surface area contributed by atoms with E-state index in [9.17, 15) is 18.0 Å². The predicted molar refractivity (Wildman–Crippen MR) is 61.3 cm³/mol. The smallest absolute Gasteiger partial charge is 0.469 e. The number of methoxy groups -OCH3 is 1. The maximum absolute atomic E-state index is 12.2. The number of nitriles is 1. The minimum atomic E-state index is -4.86. The van der Waals surface area contributed by atoms with Crippen molar-refractivity contribution >= 4 is 21.9 Å². The summed E-state index contributed by atoms with van der Waals surface area (Å²) in [6.07, 6.45) is -5.18. The van der Waals surface area contributed by atoms with Crippen LogP contribution in [-0.2, 0) is 16.0 Å². The number of alkyl halides is 3. The van der Waals surface area contributed by atoms with Gasteiger partial charge in [0, 0.05) is 0 Å². The van der Waals surface area contributed by atoms with E-state index in [4.69, 9.17) is 5.26 Å². The van der Waals surface area contributed by atoms with Gasteiger partial charge in [0.25, 0.3) is 0 Å². The molecule has 0 saturated heterocycles. The van der Waals surface area contributed by atoms with E-state index in [-0.39, 0.29) is 22.0 Å². The van der Waals surface area contributed by atoms with Crippen LogP contribution in [0.3, 0.4) is 0 Å². The summed E-state index contributed by atoms with van der Waals surface area (Å²) < 4.78 is 44.6. The second-order valence-electron chi connectivity index (χ2n) is 3.35. The van der Waals surface area contributed by atoms with Gasteiger partial charge in [-0.1, -0.05) is 0 Å². The van der Waals surface area contributed by atoms with Crippen LogP contribution in [0.15, 0.2) is 16.6 Å². The molecule has 1 aromatic carbocycles. The molecule has 0 aliphatic heterocycles. The van der Waals surface area contributed by atoms with Crippen LogP contribution in [0.5, 0.6) is 5.75 Å². The van der Waals surface area contributed by atoms with Gasteiger partial charge in [-0.2, -0.15) is 5.26 Å². The van der Waals surface area contributed by atoms with Gasteiger partial charge in [0.05, 0.1) is 29.6 Å². The highest BCUT2D eigenvalue weighted by atomic mass is 79.9. The number of carbonyl (C=O) groups excluding carboxylic acids is 1. The molecule has 0 heterocycles. The van der Waals surface area contributed by atoms with E-state index in [1.54, 1.807) is 6.07 Å². The summed E-state index contributed by atoms with van der Waals surface area (Å²) in [4.78, 5) is 11.1. The van der Waals surface area contributed by atoms with Gasteiger partial charge in [-0.3, -0.25) is 4.79 Å². The molecule has 0 atom stereocenters. The molecule has 0 bridgehead atoms. The Morgan fingerprint density at radius 2 is 2.11 bits per heavy atom. The van der Waals surface area contributed by atoms with Gasteiger partial charge >= 0.3 is 12.3 Å². The molecule has 0 N–H and O–H groups in total. The third kappa shape index (κ3) is 4.44. The number of nitrogens with zero attached hydrogens (tertiary/aromatic N) is 1. The van der Waals surface area contributed by atoms with Crippen molar-refractivity contribution in [1.29, 1.82) is 5.26 Å². The Morgan fingerprint density at radius 3 is 2.58 bits per heavy atom. The van der Waals surface area contributed by atoms with Crippen LogP contribution < -0.4 is 4.74 Å². The SMILES string of the molecule is COC(=O)Cc1cc(OC(F)(F)F)c(Br)cc1C#N. The van der Waals surface area contributed by atoms with Gasteiger partial charge in [-0.25, -0.2) is 0 Å². The van der Waals surface area contributed by atoms with Crippen molar-refractivity contribution in [1.82, 2.24) is 0 Å². The lowest BCUT2D eigenvalue weighted by molar-refractivity contribution is -0.274. The summed E-state index contributed by atoms with van der Waals surface area (Å²) in [6.45, 7) is 0. The first-order valence-corrected chi connectivity index (χ1v) is 5.61.